The van der Waals surface area contributed by atoms with Gasteiger partial charge in [0.1, 0.15) is 5.75 Å². The zero-order chi connectivity index (χ0) is 9.68. The van der Waals surface area contributed by atoms with Crippen molar-refractivity contribution in [3.63, 3.8) is 0 Å². The minimum atomic E-state index is -0.324. The summed E-state index contributed by atoms with van der Waals surface area (Å²) in [6, 6.07) is 7.60. The average molecular weight is 180 g/mol. The molecule has 0 aliphatic carbocycles. The van der Waals surface area contributed by atoms with Crippen LogP contribution in [0.3, 0.4) is 0 Å². The van der Waals surface area contributed by atoms with E-state index in [1.165, 1.54) is 0 Å². The highest BCUT2D eigenvalue weighted by molar-refractivity contribution is 6.61. The summed E-state index contributed by atoms with van der Waals surface area (Å²) in [5.41, 5.74) is 0.948. The lowest BCUT2D eigenvalue weighted by Gasteiger charge is -2.09. The first-order chi connectivity index (χ1) is 6.31. The molecule has 0 aromatic heterocycles. The standard InChI is InChI=1S/C9H13BO3/c1-11-9-6-4-5-8(7-9)10(12-2)13-3/h4-7H,1-3H3. The van der Waals surface area contributed by atoms with Crippen molar-refractivity contribution in [3.05, 3.63) is 24.3 Å². The summed E-state index contributed by atoms with van der Waals surface area (Å²) in [6.45, 7) is 0. The first-order valence-corrected chi connectivity index (χ1v) is 4.01. The van der Waals surface area contributed by atoms with Gasteiger partial charge in [0, 0.05) is 14.2 Å². The molecule has 0 saturated carbocycles. The van der Waals surface area contributed by atoms with Gasteiger partial charge < -0.3 is 14.0 Å². The van der Waals surface area contributed by atoms with E-state index in [1.54, 1.807) is 21.3 Å². The third-order valence-corrected chi connectivity index (χ3v) is 1.79. The topological polar surface area (TPSA) is 27.7 Å². The fraction of sp³-hybridized carbons (Fsp3) is 0.333. The van der Waals surface area contributed by atoms with Gasteiger partial charge in [-0.25, -0.2) is 0 Å². The molecule has 0 bridgehead atoms. The highest BCUT2D eigenvalue weighted by Crippen LogP contribution is 2.06. The Kier molecular flexibility index (Phi) is 3.80. The number of methoxy groups -OCH3 is 1. The number of rotatable bonds is 4. The van der Waals surface area contributed by atoms with E-state index >= 15 is 0 Å². The third-order valence-electron chi connectivity index (χ3n) is 1.79. The monoisotopic (exact) mass is 180 g/mol. The van der Waals surface area contributed by atoms with Crippen molar-refractivity contribution in [3.8, 4) is 5.75 Å². The van der Waals surface area contributed by atoms with Gasteiger partial charge in [0.05, 0.1) is 7.11 Å². The van der Waals surface area contributed by atoms with E-state index in [-0.39, 0.29) is 7.12 Å². The van der Waals surface area contributed by atoms with Crippen LogP contribution in [0.15, 0.2) is 24.3 Å². The van der Waals surface area contributed by atoms with E-state index in [1.807, 2.05) is 24.3 Å². The zero-order valence-corrected chi connectivity index (χ0v) is 8.11. The molecule has 4 heteroatoms. The van der Waals surface area contributed by atoms with E-state index in [0.717, 1.165) is 11.2 Å². The van der Waals surface area contributed by atoms with E-state index in [2.05, 4.69) is 0 Å². The Hall–Kier alpha value is -0.995. The normalized spacial score (nSPS) is 9.77. The fourth-order valence-electron chi connectivity index (χ4n) is 1.16. The Morgan fingerprint density at radius 2 is 1.77 bits per heavy atom. The third kappa shape index (κ3) is 2.47. The van der Waals surface area contributed by atoms with Crippen LogP contribution in [-0.2, 0) is 9.31 Å². The number of ether oxygens (including phenoxy) is 1. The highest BCUT2D eigenvalue weighted by Gasteiger charge is 2.17. The predicted molar refractivity (Wildman–Crippen MR) is 52.4 cm³/mol. The minimum Gasteiger partial charge on any atom is -0.497 e. The lowest BCUT2D eigenvalue weighted by Crippen LogP contribution is -2.34. The van der Waals surface area contributed by atoms with Crippen LogP contribution in [-0.4, -0.2) is 28.4 Å². The van der Waals surface area contributed by atoms with Crippen LogP contribution in [0.5, 0.6) is 5.75 Å². The predicted octanol–water partition coefficient (Wildman–Crippen LogP) is 0.683. The Balaban J connectivity index is 2.86. The van der Waals surface area contributed by atoms with Crippen molar-refractivity contribution >= 4 is 12.6 Å². The molecule has 1 rings (SSSR count). The van der Waals surface area contributed by atoms with Gasteiger partial charge in [-0.3, -0.25) is 0 Å². The smallest absolute Gasteiger partial charge is 0.493 e. The molecule has 0 radical (unpaired) electrons. The summed E-state index contributed by atoms with van der Waals surface area (Å²) >= 11 is 0. The lowest BCUT2D eigenvalue weighted by atomic mass is 9.79. The Labute approximate surface area is 78.8 Å². The van der Waals surface area contributed by atoms with Gasteiger partial charge in [-0.15, -0.1) is 0 Å². The maximum Gasteiger partial charge on any atom is 0.493 e. The maximum absolute atomic E-state index is 5.11. The van der Waals surface area contributed by atoms with Crippen molar-refractivity contribution in [1.82, 2.24) is 0 Å². The van der Waals surface area contributed by atoms with Crippen LogP contribution in [0.1, 0.15) is 0 Å². The molecule has 0 aliphatic rings. The summed E-state index contributed by atoms with van der Waals surface area (Å²) in [5.74, 6) is 0.802. The Bertz CT molecular complexity index is 261. The molecule has 3 nitrogen and oxygen atoms in total. The molecule has 0 heterocycles. The molecule has 0 N–H and O–H groups in total. The summed E-state index contributed by atoms with van der Waals surface area (Å²) in [5, 5.41) is 0. The summed E-state index contributed by atoms with van der Waals surface area (Å²) in [7, 11) is 4.52. The van der Waals surface area contributed by atoms with Crippen LogP contribution < -0.4 is 10.2 Å². The molecule has 0 unspecified atom stereocenters. The zero-order valence-electron chi connectivity index (χ0n) is 8.11. The Morgan fingerprint density at radius 3 is 2.31 bits per heavy atom. The minimum absolute atomic E-state index is 0.324. The van der Waals surface area contributed by atoms with Crippen molar-refractivity contribution < 1.29 is 14.0 Å². The van der Waals surface area contributed by atoms with Crippen molar-refractivity contribution in [1.29, 1.82) is 0 Å². The molecule has 70 valence electrons. The molecule has 0 amide bonds. The fourth-order valence-corrected chi connectivity index (χ4v) is 1.16. The van der Waals surface area contributed by atoms with Gasteiger partial charge in [-0.05, 0) is 17.6 Å². The average Bonchev–Trinajstić information content (AvgIpc) is 2.20. The van der Waals surface area contributed by atoms with Crippen LogP contribution in [0.4, 0.5) is 0 Å². The van der Waals surface area contributed by atoms with Gasteiger partial charge in [0.2, 0.25) is 0 Å². The molecule has 0 atom stereocenters. The van der Waals surface area contributed by atoms with Gasteiger partial charge in [-0.1, -0.05) is 12.1 Å². The summed E-state index contributed by atoms with van der Waals surface area (Å²) in [4.78, 5) is 0. The second-order valence-corrected chi connectivity index (χ2v) is 2.58. The first-order valence-electron chi connectivity index (χ1n) is 4.01. The maximum atomic E-state index is 5.11. The molecule has 1 aromatic rings. The number of hydrogen-bond donors (Lipinski definition) is 0. The summed E-state index contributed by atoms with van der Waals surface area (Å²) < 4.78 is 15.3. The van der Waals surface area contributed by atoms with E-state index in [0.29, 0.717) is 0 Å². The lowest BCUT2D eigenvalue weighted by molar-refractivity contribution is 0.291. The quantitative estimate of drug-likeness (QED) is 0.637. The van der Waals surface area contributed by atoms with Gasteiger partial charge in [-0.2, -0.15) is 0 Å². The van der Waals surface area contributed by atoms with Crippen LogP contribution >= 0.6 is 0 Å². The van der Waals surface area contributed by atoms with Crippen LogP contribution in [0.2, 0.25) is 0 Å². The molecule has 1 aromatic carbocycles. The van der Waals surface area contributed by atoms with Gasteiger partial charge in [0.15, 0.2) is 0 Å². The largest absolute Gasteiger partial charge is 0.497 e. The number of benzene rings is 1. The van der Waals surface area contributed by atoms with Crippen molar-refractivity contribution in [2.75, 3.05) is 21.3 Å². The van der Waals surface area contributed by atoms with Gasteiger partial charge >= 0.3 is 7.12 Å². The molecule has 0 saturated heterocycles. The number of hydrogen-bond acceptors (Lipinski definition) is 3. The SMILES string of the molecule is COB(OC)c1cccc(OC)c1. The van der Waals surface area contributed by atoms with E-state index in [4.69, 9.17) is 14.0 Å². The second kappa shape index (κ2) is 4.89. The molecule has 13 heavy (non-hydrogen) atoms. The van der Waals surface area contributed by atoms with E-state index in [9.17, 15) is 0 Å². The molecule has 0 aliphatic heterocycles. The molecular formula is C9H13BO3. The van der Waals surface area contributed by atoms with Crippen LogP contribution in [0.25, 0.3) is 0 Å². The Morgan fingerprint density at radius 1 is 1.08 bits per heavy atom. The molecular weight excluding hydrogens is 167 g/mol. The van der Waals surface area contributed by atoms with Crippen LogP contribution in [0, 0.1) is 0 Å². The van der Waals surface area contributed by atoms with Crippen molar-refractivity contribution in [2.45, 2.75) is 0 Å². The second-order valence-electron chi connectivity index (χ2n) is 2.58. The van der Waals surface area contributed by atoms with Gasteiger partial charge in [0.25, 0.3) is 0 Å². The summed E-state index contributed by atoms with van der Waals surface area (Å²) in [6.07, 6.45) is 0. The van der Waals surface area contributed by atoms with Crippen molar-refractivity contribution in [2.24, 2.45) is 0 Å². The molecule has 0 fully saturated rings. The van der Waals surface area contributed by atoms with E-state index < -0.39 is 0 Å². The highest BCUT2D eigenvalue weighted by atomic mass is 16.6. The first kappa shape index (κ1) is 10.1. The molecule has 0 spiro atoms.